The van der Waals surface area contributed by atoms with Crippen LogP contribution in [0.1, 0.15) is 25.8 Å². The molecule has 1 aromatic carbocycles. The Morgan fingerprint density at radius 1 is 1.43 bits per heavy atom. The Morgan fingerprint density at radius 3 is 2.67 bits per heavy atom. The van der Waals surface area contributed by atoms with E-state index in [1.54, 1.807) is 7.11 Å². The lowest BCUT2D eigenvalue weighted by Crippen LogP contribution is -2.43. The maximum Gasteiger partial charge on any atom is 0.227 e. The number of carbonyl (C=O) groups excluding carboxylic acids is 1. The second kappa shape index (κ2) is 7.46. The number of methoxy groups -OCH3 is 1. The lowest BCUT2D eigenvalue weighted by atomic mass is 10.0. The third-order valence-corrected chi connectivity index (χ3v) is 4.26. The van der Waals surface area contributed by atoms with Gasteiger partial charge in [0.1, 0.15) is 5.75 Å². The van der Waals surface area contributed by atoms with Gasteiger partial charge < -0.3 is 15.0 Å². The topological polar surface area (TPSA) is 41.6 Å². The van der Waals surface area contributed by atoms with Gasteiger partial charge in [-0.05, 0) is 50.9 Å². The minimum absolute atomic E-state index is 0.156. The highest BCUT2D eigenvalue weighted by atomic mass is 16.5. The van der Waals surface area contributed by atoms with Gasteiger partial charge >= 0.3 is 0 Å². The SMILES string of the molecule is CCN(C(=O)C1CCNC1)C(C)Cc1ccc(OC)cc1. The summed E-state index contributed by atoms with van der Waals surface area (Å²) in [6.45, 7) is 6.75. The Balaban J connectivity index is 1.98. The van der Waals surface area contributed by atoms with E-state index in [4.69, 9.17) is 4.74 Å². The number of hydrogen-bond donors (Lipinski definition) is 1. The van der Waals surface area contributed by atoms with E-state index in [0.29, 0.717) is 5.91 Å². The van der Waals surface area contributed by atoms with Crippen molar-refractivity contribution in [3.63, 3.8) is 0 Å². The summed E-state index contributed by atoms with van der Waals surface area (Å²) >= 11 is 0. The number of ether oxygens (including phenoxy) is 1. The third kappa shape index (κ3) is 3.97. The number of nitrogens with one attached hydrogen (secondary N) is 1. The molecule has 0 aliphatic carbocycles. The quantitative estimate of drug-likeness (QED) is 0.872. The summed E-state index contributed by atoms with van der Waals surface area (Å²) < 4.78 is 5.18. The first-order chi connectivity index (χ1) is 10.2. The van der Waals surface area contributed by atoms with E-state index < -0.39 is 0 Å². The summed E-state index contributed by atoms with van der Waals surface area (Å²) in [7, 11) is 1.67. The van der Waals surface area contributed by atoms with Gasteiger partial charge in [0.05, 0.1) is 13.0 Å². The number of rotatable bonds is 6. The van der Waals surface area contributed by atoms with Crippen molar-refractivity contribution in [1.82, 2.24) is 10.2 Å². The van der Waals surface area contributed by atoms with Crippen LogP contribution in [0, 0.1) is 5.92 Å². The van der Waals surface area contributed by atoms with Crippen LogP contribution in [-0.4, -0.2) is 43.6 Å². The molecule has 1 heterocycles. The van der Waals surface area contributed by atoms with Gasteiger partial charge in [0.2, 0.25) is 5.91 Å². The number of carbonyl (C=O) groups is 1. The fourth-order valence-electron chi connectivity index (χ4n) is 3.00. The summed E-state index contributed by atoms with van der Waals surface area (Å²) in [4.78, 5) is 14.6. The Morgan fingerprint density at radius 2 is 2.14 bits per heavy atom. The monoisotopic (exact) mass is 290 g/mol. The van der Waals surface area contributed by atoms with E-state index in [0.717, 1.165) is 38.2 Å². The average molecular weight is 290 g/mol. The van der Waals surface area contributed by atoms with Crippen LogP contribution in [0.4, 0.5) is 0 Å². The molecule has 2 unspecified atom stereocenters. The Bertz CT molecular complexity index is 452. The minimum atomic E-state index is 0.156. The maximum atomic E-state index is 12.6. The van der Waals surface area contributed by atoms with Crippen molar-refractivity contribution in [1.29, 1.82) is 0 Å². The van der Waals surface area contributed by atoms with Crippen LogP contribution in [0.2, 0.25) is 0 Å². The molecule has 0 radical (unpaired) electrons. The van der Waals surface area contributed by atoms with E-state index in [-0.39, 0.29) is 12.0 Å². The molecule has 2 atom stereocenters. The zero-order chi connectivity index (χ0) is 15.2. The highest BCUT2D eigenvalue weighted by Crippen LogP contribution is 2.18. The molecule has 2 rings (SSSR count). The highest BCUT2D eigenvalue weighted by molar-refractivity contribution is 5.79. The van der Waals surface area contributed by atoms with Crippen molar-refractivity contribution in [3.8, 4) is 5.75 Å². The predicted molar refractivity (Wildman–Crippen MR) is 84.5 cm³/mol. The number of hydrogen-bond acceptors (Lipinski definition) is 3. The molecule has 0 spiro atoms. The fourth-order valence-corrected chi connectivity index (χ4v) is 3.00. The van der Waals surface area contributed by atoms with E-state index >= 15 is 0 Å². The van der Waals surface area contributed by atoms with Crippen molar-refractivity contribution in [2.75, 3.05) is 26.7 Å². The second-order valence-corrected chi connectivity index (χ2v) is 5.72. The van der Waals surface area contributed by atoms with Gasteiger partial charge in [-0.1, -0.05) is 12.1 Å². The zero-order valence-electron chi connectivity index (χ0n) is 13.3. The van der Waals surface area contributed by atoms with Gasteiger partial charge in [-0.2, -0.15) is 0 Å². The molecule has 4 heteroatoms. The Labute approximate surface area is 127 Å². The third-order valence-electron chi connectivity index (χ3n) is 4.26. The van der Waals surface area contributed by atoms with Gasteiger partial charge in [-0.15, -0.1) is 0 Å². The zero-order valence-corrected chi connectivity index (χ0v) is 13.3. The molecule has 0 saturated carbocycles. The van der Waals surface area contributed by atoms with Crippen LogP contribution in [0.15, 0.2) is 24.3 Å². The number of amides is 1. The Kier molecular flexibility index (Phi) is 5.62. The molecule has 4 nitrogen and oxygen atoms in total. The smallest absolute Gasteiger partial charge is 0.227 e. The molecule has 1 fully saturated rings. The molecule has 1 aromatic rings. The van der Waals surface area contributed by atoms with Crippen molar-refractivity contribution in [2.24, 2.45) is 5.92 Å². The van der Waals surface area contributed by atoms with Crippen molar-refractivity contribution in [3.05, 3.63) is 29.8 Å². The van der Waals surface area contributed by atoms with Crippen LogP contribution < -0.4 is 10.1 Å². The van der Waals surface area contributed by atoms with E-state index in [1.807, 2.05) is 17.0 Å². The first kappa shape index (κ1) is 15.8. The molecule has 0 bridgehead atoms. The van der Waals surface area contributed by atoms with Gasteiger partial charge in [-0.3, -0.25) is 4.79 Å². The van der Waals surface area contributed by atoms with Crippen LogP contribution >= 0.6 is 0 Å². The van der Waals surface area contributed by atoms with Crippen molar-refractivity contribution in [2.45, 2.75) is 32.7 Å². The van der Waals surface area contributed by atoms with E-state index in [1.165, 1.54) is 5.56 Å². The second-order valence-electron chi connectivity index (χ2n) is 5.72. The lowest BCUT2D eigenvalue weighted by molar-refractivity contribution is -0.136. The molecule has 116 valence electrons. The highest BCUT2D eigenvalue weighted by Gasteiger charge is 2.28. The molecular formula is C17H26N2O2. The summed E-state index contributed by atoms with van der Waals surface area (Å²) in [5.41, 5.74) is 1.24. The summed E-state index contributed by atoms with van der Waals surface area (Å²) in [6.07, 6.45) is 1.84. The van der Waals surface area contributed by atoms with Crippen molar-refractivity contribution >= 4 is 5.91 Å². The molecule has 21 heavy (non-hydrogen) atoms. The van der Waals surface area contributed by atoms with Gasteiger partial charge in [0, 0.05) is 19.1 Å². The van der Waals surface area contributed by atoms with Crippen LogP contribution in [-0.2, 0) is 11.2 Å². The lowest BCUT2D eigenvalue weighted by Gasteiger charge is -2.30. The summed E-state index contributed by atoms with van der Waals surface area (Å²) in [5, 5.41) is 3.27. The molecular weight excluding hydrogens is 264 g/mol. The molecule has 1 N–H and O–H groups in total. The molecule has 1 aliphatic heterocycles. The van der Waals surface area contributed by atoms with Gasteiger partial charge in [-0.25, -0.2) is 0 Å². The first-order valence-electron chi connectivity index (χ1n) is 7.79. The number of benzene rings is 1. The van der Waals surface area contributed by atoms with Crippen molar-refractivity contribution < 1.29 is 9.53 Å². The first-order valence-corrected chi connectivity index (χ1v) is 7.79. The van der Waals surface area contributed by atoms with Gasteiger partial charge in [0.25, 0.3) is 0 Å². The molecule has 0 aromatic heterocycles. The number of likely N-dealkylation sites (N-methyl/N-ethyl adjacent to an activating group) is 1. The summed E-state index contributed by atoms with van der Waals surface area (Å²) in [5.74, 6) is 1.32. The molecule has 1 aliphatic rings. The van der Waals surface area contributed by atoms with E-state index in [2.05, 4.69) is 31.3 Å². The fraction of sp³-hybridized carbons (Fsp3) is 0.588. The van der Waals surface area contributed by atoms with Crippen LogP contribution in [0.3, 0.4) is 0 Å². The van der Waals surface area contributed by atoms with Gasteiger partial charge in [0.15, 0.2) is 0 Å². The average Bonchev–Trinajstić information content (AvgIpc) is 3.03. The van der Waals surface area contributed by atoms with Crippen LogP contribution in [0.5, 0.6) is 5.75 Å². The molecule has 1 saturated heterocycles. The van der Waals surface area contributed by atoms with Crippen LogP contribution in [0.25, 0.3) is 0 Å². The maximum absolute atomic E-state index is 12.6. The normalized spacial score (nSPS) is 19.3. The Hall–Kier alpha value is -1.55. The van der Waals surface area contributed by atoms with E-state index in [9.17, 15) is 4.79 Å². The number of nitrogens with zero attached hydrogens (tertiary/aromatic N) is 1. The molecule has 1 amide bonds. The minimum Gasteiger partial charge on any atom is -0.497 e. The predicted octanol–water partition coefficient (Wildman–Crippen LogP) is 2.08. The standard InChI is InChI=1S/C17H26N2O2/c1-4-19(17(20)15-9-10-18-12-15)13(2)11-14-5-7-16(21-3)8-6-14/h5-8,13,15,18H,4,9-12H2,1-3H3. The largest absolute Gasteiger partial charge is 0.497 e. The summed E-state index contributed by atoms with van der Waals surface area (Å²) in [6, 6.07) is 8.31.